The minimum absolute atomic E-state index is 0.866. The Morgan fingerprint density at radius 1 is 0.810 bits per heavy atom. The quantitative estimate of drug-likeness (QED) is 0.403. The maximum Gasteiger partial charge on any atom is 0.0589 e. The van der Waals surface area contributed by atoms with E-state index in [2.05, 4.69) is 32.6 Å². The van der Waals surface area contributed by atoms with Gasteiger partial charge in [0.05, 0.1) is 6.61 Å². The lowest BCUT2D eigenvalue weighted by molar-refractivity contribution is 0.118. The summed E-state index contributed by atoms with van der Waals surface area (Å²) in [5.74, 6) is 1.73. The molecule has 0 rings (SSSR count). The molecular formula is C19H41NO. The van der Waals surface area contributed by atoms with E-state index in [9.17, 15) is 0 Å². The summed E-state index contributed by atoms with van der Waals surface area (Å²) in [6, 6.07) is 0. The molecule has 0 spiro atoms. The van der Waals surface area contributed by atoms with Crippen LogP contribution in [0.5, 0.6) is 0 Å². The lowest BCUT2D eigenvalue weighted by Gasteiger charge is -2.30. The van der Waals surface area contributed by atoms with Gasteiger partial charge < -0.3 is 9.64 Å². The monoisotopic (exact) mass is 299 g/mol. The lowest BCUT2D eigenvalue weighted by Crippen LogP contribution is -2.36. The third-order valence-corrected chi connectivity index (χ3v) is 4.73. The average Bonchev–Trinajstić information content (AvgIpc) is 2.52. The van der Waals surface area contributed by atoms with Crippen molar-refractivity contribution >= 4 is 0 Å². The highest BCUT2D eigenvalue weighted by Crippen LogP contribution is 2.18. The zero-order valence-electron chi connectivity index (χ0n) is 15.5. The molecule has 0 aliphatic carbocycles. The van der Waals surface area contributed by atoms with Gasteiger partial charge in [-0.05, 0) is 24.7 Å². The first-order chi connectivity index (χ1) is 10.2. The first-order valence-corrected chi connectivity index (χ1v) is 9.42. The van der Waals surface area contributed by atoms with E-state index in [-0.39, 0.29) is 0 Å². The van der Waals surface area contributed by atoms with Gasteiger partial charge >= 0.3 is 0 Å². The summed E-state index contributed by atoms with van der Waals surface area (Å²) >= 11 is 0. The molecule has 0 bridgehead atoms. The Labute approximate surface area is 134 Å². The fourth-order valence-corrected chi connectivity index (χ4v) is 3.04. The van der Waals surface area contributed by atoms with Crippen molar-refractivity contribution in [1.82, 2.24) is 4.90 Å². The van der Waals surface area contributed by atoms with Gasteiger partial charge in [0.2, 0.25) is 0 Å². The molecule has 0 fully saturated rings. The van der Waals surface area contributed by atoms with Gasteiger partial charge in [-0.2, -0.15) is 0 Å². The molecule has 0 radical (unpaired) electrons. The molecule has 0 aromatic rings. The molecule has 2 nitrogen and oxygen atoms in total. The van der Waals surface area contributed by atoms with E-state index >= 15 is 0 Å². The van der Waals surface area contributed by atoms with Crippen LogP contribution in [0.25, 0.3) is 0 Å². The highest BCUT2D eigenvalue weighted by atomic mass is 16.5. The van der Waals surface area contributed by atoms with Crippen molar-refractivity contribution in [3.8, 4) is 0 Å². The van der Waals surface area contributed by atoms with E-state index in [1.54, 1.807) is 0 Å². The summed E-state index contributed by atoms with van der Waals surface area (Å²) in [6.45, 7) is 13.8. The Morgan fingerprint density at radius 3 is 1.62 bits per heavy atom. The van der Waals surface area contributed by atoms with Crippen molar-refractivity contribution in [3.05, 3.63) is 0 Å². The Balaban J connectivity index is 4.38. The molecule has 0 aromatic carbocycles. The molecule has 0 heterocycles. The molecule has 2 heteroatoms. The highest BCUT2D eigenvalue weighted by molar-refractivity contribution is 4.70. The van der Waals surface area contributed by atoms with Crippen molar-refractivity contribution in [2.75, 3.05) is 33.4 Å². The summed E-state index contributed by atoms with van der Waals surface area (Å²) in [4.78, 5) is 2.68. The number of ether oxygens (including phenoxy) is 1. The first-order valence-electron chi connectivity index (χ1n) is 9.42. The van der Waals surface area contributed by atoms with Gasteiger partial charge in [-0.25, -0.2) is 0 Å². The molecule has 2 atom stereocenters. The summed E-state index contributed by atoms with van der Waals surface area (Å²) in [5.41, 5.74) is 0. The van der Waals surface area contributed by atoms with E-state index in [1.807, 2.05) is 7.11 Å². The number of nitrogens with zero attached hydrogens (tertiary/aromatic N) is 1. The van der Waals surface area contributed by atoms with Gasteiger partial charge in [0.25, 0.3) is 0 Å². The second-order valence-corrected chi connectivity index (χ2v) is 6.59. The molecule has 128 valence electrons. The summed E-state index contributed by atoms with van der Waals surface area (Å²) in [7, 11) is 1.82. The predicted octanol–water partition coefficient (Wildman–Crippen LogP) is 5.37. The summed E-state index contributed by atoms with van der Waals surface area (Å²) < 4.78 is 5.32. The average molecular weight is 300 g/mol. The second-order valence-electron chi connectivity index (χ2n) is 6.59. The van der Waals surface area contributed by atoms with E-state index in [0.717, 1.165) is 25.0 Å². The van der Waals surface area contributed by atoms with Gasteiger partial charge in [-0.3, -0.25) is 0 Å². The molecule has 0 N–H and O–H groups in total. The number of hydrogen-bond donors (Lipinski definition) is 0. The van der Waals surface area contributed by atoms with Crippen LogP contribution in [0, 0.1) is 11.8 Å². The van der Waals surface area contributed by atoms with Crippen LogP contribution in [-0.2, 0) is 4.74 Å². The van der Waals surface area contributed by atoms with Crippen molar-refractivity contribution < 1.29 is 4.74 Å². The first kappa shape index (κ1) is 20.9. The van der Waals surface area contributed by atoms with Gasteiger partial charge in [0.1, 0.15) is 0 Å². The third kappa shape index (κ3) is 11.2. The smallest absolute Gasteiger partial charge is 0.0589 e. The zero-order valence-corrected chi connectivity index (χ0v) is 15.5. The zero-order chi connectivity index (χ0) is 15.9. The van der Waals surface area contributed by atoms with Gasteiger partial charge in [0, 0.05) is 26.7 Å². The third-order valence-electron chi connectivity index (χ3n) is 4.73. The van der Waals surface area contributed by atoms with Gasteiger partial charge in [-0.15, -0.1) is 0 Å². The van der Waals surface area contributed by atoms with Crippen LogP contribution in [0.4, 0.5) is 0 Å². The largest absolute Gasteiger partial charge is 0.383 e. The van der Waals surface area contributed by atoms with Crippen molar-refractivity contribution in [2.45, 2.75) is 79.1 Å². The molecule has 0 aliphatic heterocycles. The molecule has 0 saturated heterocycles. The van der Waals surface area contributed by atoms with E-state index in [1.165, 1.54) is 64.5 Å². The Bertz CT molecular complexity index is 190. The molecule has 0 aliphatic rings. The van der Waals surface area contributed by atoms with E-state index in [0.29, 0.717) is 0 Å². The number of unbranched alkanes of at least 4 members (excludes halogenated alkanes) is 2. The number of rotatable bonds is 15. The van der Waals surface area contributed by atoms with Gasteiger partial charge in [0.15, 0.2) is 0 Å². The van der Waals surface area contributed by atoms with Crippen LogP contribution in [0.2, 0.25) is 0 Å². The standard InChI is InChI=1S/C19H41NO/c1-6-10-12-18(8-3)16-20(14-15-21-5)17-19(9-4)13-11-7-2/h18-19H,6-17H2,1-5H3. The molecule has 0 amide bonds. The second kappa shape index (κ2) is 14.8. The van der Waals surface area contributed by atoms with Crippen molar-refractivity contribution in [2.24, 2.45) is 11.8 Å². The normalized spacial score (nSPS) is 14.6. The number of methoxy groups -OCH3 is 1. The van der Waals surface area contributed by atoms with E-state index in [4.69, 9.17) is 4.74 Å². The molecule has 2 unspecified atom stereocenters. The molecule has 21 heavy (non-hydrogen) atoms. The maximum absolute atomic E-state index is 5.32. The summed E-state index contributed by atoms with van der Waals surface area (Å²) in [6.07, 6.45) is 10.8. The van der Waals surface area contributed by atoms with Crippen LogP contribution < -0.4 is 0 Å². The summed E-state index contributed by atoms with van der Waals surface area (Å²) in [5, 5.41) is 0. The number of hydrogen-bond acceptors (Lipinski definition) is 2. The Morgan fingerprint density at radius 2 is 1.29 bits per heavy atom. The lowest BCUT2D eigenvalue weighted by atomic mass is 9.96. The Hall–Kier alpha value is -0.0800. The van der Waals surface area contributed by atoms with Crippen LogP contribution >= 0.6 is 0 Å². The Kier molecular flexibility index (Phi) is 14.8. The SMILES string of the molecule is CCCCC(CC)CN(CCOC)CC(CC)CCCC. The minimum atomic E-state index is 0.866. The fourth-order valence-electron chi connectivity index (χ4n) is 3.04. The van der Waals surface area contributed by atoms with Crippen molar-refractivity contribution in [1.29, 1.82) is 0 Å². The maximum atomic E-state index is 5.32. The van der Waals surface area contributed by atoms with Crippen LogP contribution in [-0.4, -0.2) is 38.3 Å². The van der Waals surface area contributed by atoms with Crippen LogP contribution in [0.1, 0.15) is 79.1 Å². The minimum Gasteiger partial charge on any atom is -0.383 e. The molecular weight excluding hydrogens is 258 g/mol. The fraction of sp³-hybridized carbons (Fsp3) is 1.00. The van der Waals surface area contributed by atoms with E-state index < -0.39 is 0 Å². The topological polar surface area (TPSA) is 12.5 Å². The molecule has 0 aromatic heterocycles. The van der Waals surface area contributed by atoms with Crippen LogP contribution in [0.3, 0.4) is 0 Å². The van der Waals surface area contributed by atoms with Crippen LogP contribution in [0.15, 0.2) is 0 Å². The highest BCUT2D eigenvalue weighted by Gasteiger charge is 2.16. The molecule has 0 saturated carbocycles. The van der Waals surface area contributed by atoms with Crippen molar-refractivity contribution in [3.63, 3.8) is 0 Å². The predicted molar refractivity (Wildman–Crippen MR) is 94.9 cm³/mol. The van der Waals surface area contributed by atoms with Gasteiger partial charge in [-0.1, -0.05) is 66.2 Å².